The first-order chi connectivity index (χ1) is 21.5. The summed E-state index contributed by atoms with van der Waals surface area (Å²) >= 11 is 2.42. The summed E-state index contributed by atoms with van der Waals surface area (Å²) in [5.41, 5.74) is 6.65. The first-order valence-electron chi connectivity index (χ1n) is 14.0. The molecule has 3 atom stereocenters. The molecule has 1 fully saturated rings. The van der Waals surface area contributed by atoms with Gasteiger partial charge in [0.25, 0.3) is 5.91 Å². The second kappa shape index (κ2) is 13.2. The number of nitrogens with one attached hydrogen (secondary N) is 2. The first kappa shape index (κ1) is 31.9. The molecule has 3 aromatic rings. The number of thiazole rings is 1. The Labute approximate surface area is 268 Å². The summed E-state index contributed by atoms with van der Waals surface area (Å²) in [6.45, 7) is 5.07. The molecule has 3 heterocycles. The summed E-state index contributed by atoms with van der Waals surface area (Å²) in [7, 11) is 1.42. The quantitative estimate of drug-likeness (QED) is 0.229. The van der Waals surface area contributed by atoms with Gasteiger partial charge in [0, 0.05) is 5.38 Å². The van der Waals surface area contributed by atoms with Crippen molar-refractivity contribution in [2.24, 2.45) is 0 Å². The number of methoxy groups -OCH3 is 1. The van der Waals surface area contributed by atoms with Crippen molar-refractivity contribution in [2.75, 3.05) is 18.6 Å². The van der Waals surface area contributed by atoms with Crippen LogP contribution in [0.5, 0.6) is 0 Å². The molecule has 0 saturated carbocycles. The third-order valence-electron chi connectivity index (χ3n) is 6.86. The summed E-state index contributed by atoms with van der Waals surface area (Å²) in [6.07, 6.45) is -1.58. The van der Waals surface area contributed by atoms with Gasteiger partial charge in [-0.15, -0.1) is 23.1 Å². The second-order valence-corrected chi connectivity index (χ2v) is 13.2. The molecule has 1 unspecified atom stereocenters. The van der Waals surface area contributed by atoms with Gasteiger partial charge in [-0.05, 0) is 31.9 Å². The van der Waals surface area contributed by atoms with Crippen LogP contribution >= 0.6 is 23.1 Å². The van der Waals surface area contributed by atoms with Crippen molar-refractivity contribution in [3.05, 3.63) is 94.3 Å². The SMILES string of the molecule is COC1=C(C(=O)OC(c2ccccc2)c2ccccc2)N2C(=O)[C@@H](NC(=O)C(NC(=O)OC(C)(C)C)c3csc(N)n3)[C@H]2SC1. The van der Waals surface area contributed by atoms with E-state index in [4.69, 9.17) is 19.9 Å². The Morgan fingerprint density at radius 3 is 2.20 bits per heavy atom. The normalized spacial score (nSPS) is 18.4. The van der Waals surface area contributed by atoms with Gasteiger partial charge in [-0.25, -0.2) is 14.6 Å². The summed E-state index contributed by atoms with van der Waals surface area (Å²) in [6, 6.07) is 16.3. The van der Waals surface area contributed by atoms with E-state index in [1.807, 2.05) is 60.7 Å². The van der Waals surface area contributed by atoms with E-state index in [0.717, 1.165) is 22.5 Å². The number of alkyl carbamates (subject to hydrolysis) is 1. The number of ether oxygens (including phenoxy) is 3. The number of nitrogen functional groups attached to an aromatic ring is 1. The topological polar surface area (TPSA) is 162 Å². The van der Waals surface area contributed by atoms with Crippen LogP contribution in [0.3, 0.4) is 0 Å². The third-order valence-corrected chi connectivity index (χ3v) is 8.80. The minimum absolute atomic E-state index is 0.0238. The average Bonchev–Trinajstić information content (AvgIpc) is 3.45. The average molecular weight is 652 g/mol. The molecule has 14 heteroatoms. The number of anilines is 1. The van der Waals surface area contributed by atoms with E-state index in [-0.39, 0.29) is 28.0 Å². The van der Waals surface area contributed by atoms with Crippen molar-refractivity contribution in [2.45, 2.75) is 49.9 Å². The summed E-state index contributed by atoms with van der Waals surface area (Å²) in [5, 5.41) is 6.35. The Bertz CT molecular complexity index is 1570. The Hall–Kier alpha value is -4.56. The molecule has 4 N–H and O–H groups in total. The van der Waals surface area contributed by atoms with Gasteiger partial charge in [-0.1, -0.05) is 60.7 Å². The molecule has 2 aliphatic heterocycles. The third kappa shape index (κ3) is 7.07. The zero-order chi connectivity index (χ0) is 32.3. The van der Waals surface area contributed by atoms with Crippen LogP contribution in [0.1, 0.15) is 49.7 Å². The number of rotatable bonds is 9. The Kier molecular flexibility index (Phi) is 9.34. The highest BCUT2D eigenvalue weighted by molar-refractivity contribution is 8.00. The molecule has 1 aromatic heterocycles. The van der Waals surface area contributed by atoms with Crippen LogP contribution in [0.25, 0.3) is 0 Å². The monoisotopic (exact) mass is 651 g/mol. The molecule has 236 valence electrons. The molecule has 2 aliphatic rings. The van der Waals surface area contributed by atoms with E-state index < -0.39 is 53.0 Å². The summed E-state index contributed by atoms with van der Waals surface area (Å²) in [4.78, 5) is 58.9. The molecule has 0 radical (unpaired) electrons. The van der Waals surface area contributed by atoms with Crippen LogP contribution in [0, 0.1) is 0 Å². The molecule has 0 spiro atoms. The predicted octanol–water partition coefficient (Wildman–Crippen LogP) is 3.88. The van der Waals surface area contributed by atoms with Crippen LogP contribution in [0.2, 0.25) is 0 Å². The highest BCUT2D eigenvalue weighted by Gasteiger charge is 2.55. The van der Waals surface area contributed by atoms with Gasteiger partial charge in [0.2, 0.25) is 5.91 Å². The number of fused-ring (bicyclic) bond motifs is 1. The van der Waals surface area contributed by atoms with Crippen molar-refractivity contribution in [3.63, 3.8) is 0 Å². The van der Waals surface area contributed by atoms with E-state index in [1.54, 1.807) is 26.2 Å². The van der Waals surface area contributed by atoms with Crippen molar-refractivity contribution < 1.29 is 33.4 Å². The number of hydrogen-bond donors (Lipinski definition) is 3. The standard InChI is InChI=1S/C31H33N5O7S2/c1-31(2,3)43-30(40)35-21(19-15-45-29(32)33-19)25(37)34-22-26(38)36-23(20(41-4)16-44-27(22)36)28(39)42-24(17-11-7-5-8-12-17)18-13-9-6-10-14-18/h5-15,21-22,24,27H,16H2,1-4H3,(H2,32,33)(H,34,37)(H,35,40)/t21?,22-,27-/m1/s1. The molecule has 2 aromatic carbocycles. The maximum Gasteiger partial charge on any atom is 0.408 e. The first-order valence-corrected chi connectivity index (χ1v) is 15.9. The maximum atomic E-state index is 13.8. The van der Waals surface area contributed by atoms with Crippen molar-refractivity contribution in [1.82, 2.24) is 20.5 Å². The Morgan fingerprint density at radius 2 is 1.67 bits per heavy atom. The van der Waals surface area contributed by atoms with Crippen LogP contribution < -0.4 is 16.4 Å². The molecular formula is C31H33N5O7S2. The fraction of sp³-hybridized carbons (Fsp3) is 0.323. The highest BCUT2D eigenvalue weighted by Crippen LogP contribution is 2.42. The van der Waals surface area contributed by atoms with Gasteiger partial charge in [-0.3, -0.25) is 14.5 Å². The van der Waals surface area contributed by atoms with Gasteiger partial charge in [0.05, 0.1) is 18.6 Å². The van der Waals surface area contributed by atoms with Crippen LogP contribution in [-0.4, -0.2) is 63.6 Å². The molecule has 1 saturated heterocycles. The molecule has 0 bridgehead atoms. The number of benzene rings is 2. The zero-order valence-corrected chi connectivity index (χ0v) is 26.6. The lowest BCUT2D eigenvalue weighted by Gasteiger charge is -2.49. The molecule has 45 heavy (non-hydrogen) atoms. The number of nitrogens with zero attached hydrogens (tertiary/aromatic N) is 2. The minimum Gasteiger partial charge on any atom is -0.498 e. The molecule has 0 aliphatic carbocycles. The number of aromatic nitrogens is 1. The lowest BCUT2D eigenvalue weighted by Crippen LogP contribution is -2.71. The fourth-order valence-electron chi connectivity index (χ4n) is 4.85. The summed E-state index contributed by atoms with van der Waals surface area (Å²) < 4.78 is 16.9. The van der Waals surface area contributed by atoms with Crippen molar-refractivity contribution in [1.29, 1.82) is 0 Å². The van der Waals surface area contributed by atoms with E-state index in [9.17, 15) is 19.2 Å². The number of carbonyl (C=O) groups excluding carboxylic acids is 4. The van der Waals surface area contributed by atoms with Gasteiger partial charge < -0.3 is 30.6 Å². The molecule has 12 nitrogen and oxygen atoms in total. The molecule has 5 rings (SSSR count). The van der Waals surface area contributed by atoms with Crippen LogP contribution in [0.4, 0.5) is 9.93 Å². The van der Waals surface area contributed by atoms with Gasteiger partial charge >= 0.3 is 12.1 Å². The smallest absolute Gasteiger partial charge is 0.408 e. The highest BCUT2D eigenvalue weighted by atomic mass is 32.2. The lowest BCUT2D eigenvalue weighted by molar-refractivity contribution is -0.155. The van der Waals surface area contributed by atoms with Gasteiger partial charge in [-0.2, -0.15) is 0 Å². The van der Waals surface area contributed by atoms with E-state index in [1.165, 1.54) is 23.8 Å². The van der Waals surface area contributed by atoms with E-state index in [2.05, 4.69) is 15.6 Å². The zero-order valence-electron chi connectivity index (χ0n) is 25.0. The minimum atomic E-state index is -1.28. The predicted molar refractivity (Wildman–Crippen MR) is 169 cm³/mol. The lowest BCUT2D eigenvalue weighted by atomic mass is 10.0. The fourth-order valence-corrected chi connectivity index (χ4v) is 6.75. The van der Waals surface area contributed by atoms with Crippen LogP contribution in [-0.2, 0) is 28.6 Å². The molecule has 3 amide bonds. The Morgan fingerprint density at radius 1 is 1.04 bits per heavy atom. The molecular weight excluding hydrogens is 619 g/mol. The van der Waals surface area contributed by atoms with Crippen molar-refractivity contribution in [3.8, 4) is 0 Å². The number of nitrogens with two attached hydrogens (primary N) is 1. The number of hydrogen-bond acceptors (Lipinski definition) is 11. The van der Waals surface area contributed by atoms with E-state index >= 15 is 0 Å². The van der Waals surface area contributed by atoms with Crippen molar-refractivity contribution >= 4 is 52.1 Å². The number of esters is 1. The largest absolute Gasteiger partial charge is 0.498 e. The van der Waals surface area contributed by atoms with Gasteiger partial charge in [0.15, 0.2) is 23.0 Å². The van der Waals surface area contributed by atoms with Crippen LogP contribution in [0.15, 0.2) is 77.5 Å². The summed E-state index contributed by atoms with van der Waals surface area (Å²) in [5.74, 6) is -1.43. The number of β-lactam (4-membered cyclic amide) rings is 1. The second-order valence-electron chi connectivity index (χ2n) is 11.2. The number of thioether (sulfide) groups is 1. The van der Waals surface area contributed by atoms with Gasteiger partial charge in [0.1, 0.15) is 22.8 Å². The number of carbonyl (C=O) groups is 4. The maximum absolute atomic E-state index is 13.8. The number of amides is 3. The van der Waals surface area contributed by atoms with E-state index in [0.29, 0.717) is 0 Å². The Balaban J connectivity index is 1.35.